The summed E-state index contributed by atoms with van der Waals surface area (Å²) in [6.45, 7) is 2.00. The highest BCUT2D eigenvalue weighted by Gasteiger charge is 2.35. The molecule has 1 aromatic rings. The summed E-state index contributed by atoms with van der Waals surface area (Å²) < 4.78 is 41.9. The highest BCUT2D eigenvalue weighted by Crippen LogP contribution is 2.26. The molecule has 0 aliphatic rings. The van der Waals surface area contributed by atoms with Gasteiger partial charge in [0.15, 0.2) is 0 Å². The van der Waals surface area contributed by atoms with Crippen LogP contribution in [0, 0.1) is 0 Å². The van der Waals surface area contributed by atoms with Crippen LogP contribution in [0.15, 0.2) is 0 Å². The fourth-order valence-corrected chi connectivity index (χ4v) is 1.10. The number of nitrogens with one attached hydrogen (secondary N) is 1. The van der Waals surface area contributed by atoms with Gasteiger partial charge in [0.2, 0.25) is 17.7 Å². The van der Waals surface area contributed by atoms with E-state index in [0.29, 0.717) is 6.61 Å². The average Bonchev–Trinajstić information content (AvgIpc) is 2.15. The van der Waals surface area contributed by atoms with Crippen LogP contribution < -0.4 is 11.1 Å². The maximum atomic E-state index is 12.4. The van der Waals surface area contributed by atoms with Crippen molar-refractivity contribution in [2.24, 2.45) is 0 Å². The monoisotopic (exact) mass is 251 g/mol. The minimum Gasteiger partial charge on any atom is -0.383 e. The standard InChI is InChI=1S/C8H12F3N5O/c1-4(3-17-2)13-7-15-5(8(9,10)11)14-6(12)16-7/h4H,3H2,1-2H3,(H3,12,13,14,15,16). The van der Waals surface area contributed by atoms with Crippen LogP contribution in [0.2, 0.25) is 0 Å². The summed E-state index contributed by atoms with van der Waals surface area (Å²) in [5.74, 6) is -2.04. The molecule has 1 heterocycles. The summed E-state index contributed by atoms with van der Waals surface area (Å²) in [5.41, 5.74) is 5.17. The SMILES string of the molecule is COCC(C)Nc1nc(N)nc(C(F)(F)F)n1. The molecule has 0 aliphatic heterocycles. The zero-order chi connectivity index (χ0) is 13.1. The van der Waals surface area contributed by atoms with Gasteiger partial charge < -0.3 is 15.8 Å². The summed E-state index contributed by atoms with van der Waals surface area (Å²) in [4.78, 5) is 9.81. The summed E-state index contributed by atoms with van der Waals surface area (Å²) >= 11 is 0. The van der Waals surface area contributed by atoms with Crippen LogP contribution in [0.25, 0.3) is 0 Å². The van der Waals surface area contributed by atoms with E-state index < -0.39 is 17.9 Å². The first-order chi connectivity index (χ1) is 7.82. The number of nitrogen functional groups attached to an aromatic ring is 1. The third-order valence-electron chi connectivity index (χ3n) is 1.70. The zero-order valence-electron chi connectivity index (χ0n) is 9.25. The highest BCUT2D eigenvalue weighted by molar-refractivity contribution is 5.32. The number of anilines is 2. The van der Waals surface area contributed by atoms with Crippen molar-refractivity contribution >= 4 is 11.9 Å². The van der Waals surface area contributed by atoms with E-state index >= 15 is 0 Å². The molecule has 9 heteroatoms. The van der Waals surface area contributed by atoms with Gasteiger partial charge in [0, 0.05) is 13.2 Å². The second-order valence-corrected chi connectivity index (χ2v) is 3.34. The van der Waals surface area contributed by atoms with Gasteiger partial charge in [0.1, 0.15) is 0 Å². The lowest BCUT2D eigenvalue weighted by Gasteiger charge is -2.13. The Hall–Kier alpha value is -1.64. The number of aromatic nitrogens is 3. The molecule has 0 saturated heterocycles. The highest BCUT2D eigenvalue weighted by atomic mass is 19.4. The lowest BCUT2D eigenvalue weighted by Crippen LogP contribution is -2.24. The molecule has 0 bridgehead atoms. The first kappa shape index (κ1) is 13.4. The van der Waals surface area contributed by atoms with Crippen molar-refractivity contribution in [2.45, 2.75) is 19.1 Å². The van der Waals surface area contributed by atoms with Gasteiger partial charge in [0.25, 0.3) is 0 Å². The van der Waals surface area contributed by atoms with E-state index in [9.17, 15) is 13.2 Å². The van der Waals surface area contributed by atoms with E-state index in [1.54, 1.807) is 6.92 Å². The molecule has 1 rings (SSSR count). The van der Waals surface area contributed by atoms with Crippen molar-refractivity contribution < 1.29 is 17.9 Å². The molecule has 96 valence electrons. The smallest absolute Gasteiger partial charge is 0.383 e. The van der Waals surface area contributed by atoms with Crippen LogP contribution in [0.1, 0.15) is 12.7 Å². The van der Waals surface area contributed by atoms with E-state index in [1.807, 2.05) is 0 Å². The molecule has 0 fully saturated rings. The third kappa shape index (κ3) is 4.02. The minimum absolute atomic E-state index is 0.227. The molecule has 0 amide bonds. The number of hydrogen-bond acceptors (Lipinski definition) is 6. The first-order valence-electron chi connectivity index (χ1n) is 4.67. The Morgan fingerprint density at radius 2 is 2.00 bits per heavy atom. The number of methoxy groups -OCH3 is 1. The molecule has 0 radical (unpaired) electrons. The summed E-state index contributed by atoms with van der Waals surface area (Å²) in [5, 5.41) is 2.63. The van der Waals surface area contributed by atoms with Gasteiger partial charge in [-0.3, -0.25) is 0 Å². The topological polar surface area (TPSA) is 86.0 Å². The Morgan fingerprint density at radius 3 is 2.53 bits per heavy atom. The largest absolute Gasteiger partial charge is 0.451 e. The lowest BCUT2D eigenvalue weighted by molar-refractivity contribution is -0.144. The Labute approximate surface area is 95.4 Å². The molecule has 3 N–H and O–H groups in total. The average molecular weight is 251 g/mol. The molecular formula is C8H12F3N5O. The number of nitrogens with zero attached hydrogens (tertiary/aromatic N) is 3. The number of hydrogen-bond donors (Lipinski definition) is 2. The van der Waals surface area contributed by atoms with Crippen LogP contribution >= 0.6 is 0 Å². The van der Waals surface area contributed by atoms with E-state index in [2.05, 4.69) is 20.3 Å². The van der Waals surface area contributed by atoms with Gasteiger partial charge in [-0.1, -0.05) is 0 Å². The molecule has 0 aliphatic carbocycles. The van der Waals surface area contributed by atoms with Crippen molar-refractivity contribution in [2.75, 3.05) is 24.8 Å². The fourth-order valence-electron chi connectivity index (χ4n) is 1.10. The van der Waals surface area contributed by atoms with Gasteiger partial charge in [-0.15, -0.1) is 0 Å². The zero-order valence-corrected chi connectivity index (χ0v) is 9.25. The first-order valence-corrected chi connectivity index (χ1v) is 4.67. The number of halogens is 3. The van der Waals surface area contributed by atoms with Crippen molar-refractivity contribution in [3.05, 3.63) is 5.82 Å². The lowest BCUT2D eigenvalue weighted by atomic mass is 10.4. The predicted octanol–water partition coefficient (Wildman–Crippen LogP) is 0.919. The number of nitrogens with two attached hydrogens (primary N) is 1. The molecule has 0 aromatic carbocycles. The number of rotatable bonds is 4. The van der Waals surface area contributed by atoms with Crippen LogP contribution in [0.3, 0.4) is 0 Å². The van der Waals surface area contributed by atoms with Crippen LogP contribution in [0.5, 0.6) is 0 Å². The second kappa shape index (κ2) is 5.13. The van der Waals surface area contributed by atoms with Crippen molar-refractivity contribution in [3.63, 3.8) is 0 Å². The summed E-state index contributed by atoms with van der Waals surface area (Å²) in [6, 6.07) is -0.247. The van der Waals surface area contributed by atoms with Crippen molar-refractivity contribution in [1.82, 2.24) is 15.0 Å². The summed E-state index contributed by atoms with van der Waals surface area (Å²) in [6.07, 6.45) is -4.65. The molecule has 0 spiro atoms. The van der Waals surface area contributed by atoms with Crippen LogP contribution in [-0.2, 0) is 10.9 Å². The molecule has 0 saturated carbocycles. The number of alkyl halides is 3. The van der Waals surface area contributed by atoms with Gasteiger partial charge in [-0.25, -0.2) is 0 Å². The van der Waals surface area contributed by atoms with Crippen molar-refractivity contribution in [1.29, 1.82) is 0 Å². The van der Waals surface area contributed by atoms with Gasteiger partial charge in [-0.05, 0) is 6.92 Å². The third-order valence-corrected chi connectivity index (χ3v) is 1.70. The van der Waals surface area contributed by atoms with Crippen LogP contribution in [-0.4, -0.2) is 34.7 Å². The molecule has 1 aromatic heterocycles. The number of ether oxygens (including phenoxy) is 1. The summed E-state index contributed by atoms with van der Waals surface area (Å²) in [7, 11) is 1.47. The van der Waals surface area contributed by atoms with E-state index in [0.717, 1.165) is 0 Å². The van der Waals surface area contributed by atoms with Gasteiger partial charge in [-0.2, -0.15) is 28.1 Å². The molecule has 6 nitrogen and oxygen atoms in total. The van der Waals surface area contributed by atoms with Gasteiger partial charge >= 0.3 is 6.18 Å². The Kier molecular flexibility index (Phi) is 4.05. The van der Waals surface area contributed by atoms with Crippen molar-refractivity contribution in [3.8, 4) is 0 Å². The van der Waals surface area contributed by atoms with E-state index in [-0.39, 0.29) is 12.0 Å². The predicted molar refractivity (Wildman–Crippen MR) is 54.2 cm³/mol. The fraction of sp³-hybridized carbons (Fsp3) is 0.625. The Morgan fingerprint density at radius 1 is 1.35 bits per heavy atom. The molecular weight excluding hydrogens is 239 g/mol. The molecule has 1 unspecified atom stereocenters. The maximum Gasteiger partial charge on any atom is 0.451 e. The Balaban J connectivity index is 2.90. The normalized spacial score (nSPS) is 13.5. The second-order valence-electron chi connectivity index (χ2n) is 3.34. The van der Waals surface area contributed by atoms with E-state index in [1.165, 1.54) is 7.11 Å². The maximum absolute atomic E-state index is 12.4. The van der Waals surface area contributed by atoms with Crippen LogP contribution in [0.4, 0.5) is 25.1 Å². The molecule has 1 atom stereocenters. The Bertz CT molecular complexity index is 384. The minimum atomic E-state index is -4.65. The molecule has 17 heavy (non-hydrogen) atoms. The van der Waals surface area contributed by atoms with E-state index in [4.69, 9.17) is 10.5 Å². The van der Waals surface area contributed by atoms with Gasteiger partial charge in [0.05, 0.1) is 6.61 Å². The quantitative estimate of drug-likeness (QED) is 0.827.